The molecular formula is C37H34N4O9. The van der Waals surface area contributed by atoms with E-state index in [1.165, 1.54) is 17.4 Å². The molecule has 3 aromatic carbocycles. The van der Waals surface area contributed by atoms with Crippen LogP contribution in [-0.4, -0.2) is 74.3 Å². The molecule has 0 saturated carbocycles. The highest BCUT2D eigenvalue weighted by Crippen LogP contribution is 2.43. The van der Waals surface area contributed by atoms with E-state index in [-0.39, 0.29) is 33.3 Å². The molecule has 1 aliphatic heterocycles. The second-order valence-corrected chi connectivity index (χ2v) is 12.5. The third-order valence-electron chi connectivity index (χ3n) is 7.99. The molecule has 0 radical (unpaired) electrons. The number of nitrogens with one attached hydrogen (secondary N) is 2. The molecule has 0 aliphatic carbocycles. The van der Waals surface area contributed by atoms with E-state index >= 15 is 0 Å². The van der Waals surface area contributed by atoms with Crippen LogP contribution in [-0.2, 0) is 18.9 Å². The number of carbonyl (C=O) groups excluding carboxylic acids is 4. The van der Waals surface area contributed by atoms with Crippen LogP contribution in [0.25, 0.3) is 11.0 Å². The summed E-state index contributed by atoms with van der Waals surface area (Å²) in [4.78, 5) is 78.7. The number of carbonyl (C=O) groups is 4. The van der Waals surface area contributed by atoms with E-state index in [9.17, 15) is 24.0 Å². The van der Waals surface area contributed by atoms with Crippen molar-refractivity contribution in [1.29, 1.82) is 0 Å². The van der Waals surface area contributed by atoms with Crippen LogP contribution < -0.4 is 5.56 Å². The summed E-state index contributed by atoms with van der Waals surface area (Å²) in [5.41, 5.74) is -0.335. The van der Waals surface area contributed by atoms with Crippen LogP contribution in [0, 0.1) is 0 Å². The second-order valence-electron chi connectivity index (χ2n) is 12.5. The Balaban J connectivity index is 1.51. The molecule has 2 aromatic heterocycles. The molecule has 1 saturated heterocycles. The Bertz CT molecular complexity index is 2060. The van der Waals surface area contributed by atoms with Crippen LogP contribution in [0.15, 0.2) is 108 Å². The maximum atomic E-state index is 14.3. The Labute approximate surface area is 286 Å². The number of hydrogen-bond donors (Lipinski definition) is 2. The fourth-order valence-corrected chi connectivity index (χ4v) is 5.81. The van der Waals surface area contributed by atoms with Gasteiger partial charge in [0.2, 0.25) is 0 Å². The number of rotatable bonds is 8. The lowest BCUT2D eigenvalue weighted by Crippen LogP contribution is -2.47. The van der Waals surface area contributed by atoms with Crippen LogP contribution in [0.1, 0.15) is 63.5 Å². The van der Waals surface area contributed by atoms with E-state index in [4.69, 9.17) is 18.9 Å². The minimum Gasteiger partial charge on any atom is -0.460 e. The van der Waals surface area contributed by atoms with E-state index in [2.05, 4.69) is 15.0 Å². The molecule has 1 fully saturated rings. The molecule has 4 unspecified atom stereocenters. The average Bonchev–Trinajstić information content (AvgIpc) is 3.67. The SMILES string of the molecule is CC(C)(C)OC(=O)N1C(COC(=O)c2ccccc2)C(OC(=O)c2ccccc2)C(OC(=O)c2ccccc2)C1c1c[nH]c2c(=O)[nH]cnc12. The zero-order valence-electron chi connectivity index (χ0n) is 27.4. The quantitative estimate of drug-likeness (QED) is 0.164. The van der Waals surface area contributed by atoms with Gasteiger partial charge in [-0.2, -0.15) is 0 Å². The zero-order chi connectivity index (χ0) is 35.4. The van der Waals surface area contributed by atoms with Crippen LogP contribution in [0.4, 0.5) is 4.79 Å². The number of fused-ring (bicyclic) bond motifs is 1. The lowest BCUT2D eigenvalue weighted by Gasteiger charge is -2.32. The van der Waals surface area contributed by atoms with Crippen molar-refractivity contribution >= 4 is 35.0 Å². The Kier molecular flexibility index (Phi) is 9.48. The molecule has 1 amide bonds. The smallest absolute Gasteiger partial charge is 0.411 e. The Morgan fingerprint density at radius 1 is 0.740 bits per heavy atom. The van der Waals surface area contributed by atoms with Gasteiger partial charge in [-0.05, 0) is 57.2 Å². The van der Waals surface area contributed by atoms with Gasteiger partial charge in [0.25, 0.3) is 5.56 Å². The number of aromatic nitrogens is 3. The monoisotopic (exact) mass is 678 g/mol. The summed E-state index contributed by atoms with van der Waals surface area (Å²) in [7, 11) is 0. The first-order valence-electron chi connectivity index (χ1n) is 15.8. The maximum absolute atomic E-state index is 14.3. The molecule has 5 aromatic rings. The lowest BCUT2D eigenvalue weighted by molar-refractivity contribution is -0.0373. The van der Waals surface area contributed by atoms with Gasteiger partial charge in [-0.25, -0.2) is 24.2 Å². The highest BCUT2D eigenvalue weighted by atomic mass is 16.6. The Hall–Kier alpha value is -6.24. The van der Waals surface area contributed by atoms with Gasteiger partial charge in [-0.1, -0.05) is 54.6 Å². The van der Waals surface area contributed by atoms with Crippen molar-refractivity contribution in [3.05, 3.63) is 136 Å². The first kappa shape index (κ1) is 33.7. The van der Waals surface area contributed by atoms with Crippen LogP contribution in [0.2, 0.25) is 0 Å². The van der Waals surface area contributed by atoms with Crippen molar-refractivity contribution < 1.29 is 38.1 Å². The van der Waals surface area contributed by atoms with Gasteiger partial charge in [0.1, 0.15) is 35.3 Å². The molecule has 13 heteroatoms. The fourth-order valence-electron chi connectivity index (χ4n) is 5.81. The van der Waals surface area contributed by atoms with Crippen molar-refractivity contribution in [2.24, 2.45) is 0 Å². The molecule has 50 heavy (non-hydrogen) atoms. The van der Waals surface area contributed by atoms with Crippen molar-refractivity contribution in [3.8, 4) is 0 Å². The molecule has 6 rings (SSSR count). The van der Waals surface area contributed by atoms with Crippen molar-refractivity contribution in [2.45, 2.75) is 50.7 Å². The zero-order valence-corrected chi connectivity index (χ0v) is 27.4. The predicted molar refractivity (Wildman–Crippen MR) is 179 cm³/mol. The van der Waals surface area contributed by atoms with E-state index in [0.29, 0.717) is 0 Å². The summed E-state index contributed by atoms with van der Waals surface area (Å²) >= 11 is 0. The van der Waals surface area contributed by atoms with Gasteiger partial charge in [-0.15, -0.1) is 0 Å². The summed E-state index contributed by atoms with van der Waals surface area (Å²) in [6.07, 6.45) is -1.05. The largest absolute Gasteiger partial charge is 0.460 e. The van der Waals surface area contributed by atoms with E-state index in [1.54, 1.807) is 112 Å². The number of benzene rings is 3. The first-order chi connectivity index (χ1) is 24.0. The summed E-state index contributed by atoms with van der Waals surface area (Å²) in [5.74, 6) is -2.27. The molecule has 256 valence electrons. The lowest BCUT2D eigenvalue weighted by atomic mass is 10.0. The summed E-state index contributed by atoms with van der Waals surface area (Å²) in [6, 6.07) is 22.0. The number of likely N-dealkylation sites (tertiary alicyclic amines) is 1. The van der Waals surface area contributed by atoms with Crippen molar-refractivity contribution in [1.82, 2.24) is 19.9 Å². The van der Waals surface area contributed by atoms with Crippen LogP contribution in [0.5, 0.6) is 0 Å². The van der Waals surface area contributed by atoms with E-state index in [1.807, 2.05) is 0 Å². The number of aromatic amines is 2. The van der Waals surface area contributed by atoms with Crippen LogP contribution in [0.3, 0.4) is 0 Å². The number of ether oxygens (including phenoxy) is 4. The maximum Gasteiger partial charge on any atom is 0.411 e. The molecular weight excluding hydrogens is 644 g/mol. The standard InChI is InChI=1S/C37H34N4O9/c1-37(2,3)50-36(46)41-26(20-47-33(43)22-13-7-4-8-14-22)30(48-34(44)23-15-9-5-10-16-23)31(49-35(45)24-17-11-6-12-18-24)29(41)25-19-38-28-27(25)39-21-40-32(28)42/h4-19,21,26,29-31,38H,20H2,1-3H3,(H,39,40,42). The molecule has 13 nitrogen and oxygen atoms in total. The Morgan fingerprint density at radius 3 is 1.80 bits per heavy atom. The minimum atomic E-state index is -1.41. The van der Waals surface area contributed by atoms with Gasteiger partial charge in [0.15, 0.2) is 12.2 Å². The van der Waals surface area contributed by atoms with Gasteiger partial charge in [0.05, 0.1) is 23.0 Å². The molecule has 2 N–H and O–H groups in total. The van der Waals surface area contributed by atoms with Crippen molar-refractivity contribution in [3.63, 3.8) is 0 Å². The third kappa shape index (κ3) is 7.11. The first-order valence-corrected chi connectivity index (χ1v) is 15.8. The van der Waals surface area contributed by atoms with Gasteiger partial charge in [-0.3, -0.25) is 9.69 Å². The number of H-pyrrole nitrogens is 2. The number of hydrogen-bond acceptors (Lipinski definition) is 10. The molecule has 0 bridgehead atoms. The molecule has 0 spiro atoms. The molecule has 3 heterocycles. The summed E-state index contributed by atoms with van der Waals surface area (Å²) in [5, 5.41) is 0. The number of nitrogens with zero attached hydrogens (tertiary/aromatic N) is 2. The third-order valence-corrected chi connectivity index (χ3v) is 7.99. The van der Waals surface area contributed by atoms with Gasteiger partial charge in [0, 0.05) is 11.8 Å². The van der Waals surface area contributed by atoms with Crippen molar-refractivity contribution in [2.75, 3.05) is 6.61 Å². The van der Waals surface area contributed by atoms with Gasteiger partial charge >= 0.3 is 24.0 Å². The normalized spacial score (nSPS) is 18.7. The summed E-state index contributed by atoms with van der Waals surface area (Å²) in [6.45, 7) is 4.53. The average molecular weight is 679 g/mol. The van der Waals surface area contributed by atoms with Gasteiger partial charge < -0.3 is 28.9 Å². The number of amides is 1. The summed E-state index contributed by atoms with van der Waals surface area (Å²) < 4.78 is 23.9. The molecule has 1 aliphatic rings. The Morgan fingerprint density at radius 2 is 1.26 bits per heavy atom. The fraction of sp³-hybridized carbons (Fsp3) is 0.243. The van der Waals surface area contributed by atoms with Crippen LogP contribution >= 0.6 is 0 Å². The topological polar surface area (TPSA) is 170 Å². The predicted octanol–water partition coefficient (Wildman–Crippen LogP) is 5.22. The minimum absolute atomic E-state index is 0.0940. The highest BCUT2D eigenvalue weighted by Gasteiger charge is 2.58. The van der Waals surface area contributed by atoms with E-state index in [0.717, 1.165) is 0 Å². The number of esters is 3. The molecule has 4 atom stereocenters. The second kappa shape index (κ2) is 14.1. The highest BCUT2D eigenvalue weighted by molar-refractivity contribution is 5.91. The van der Waals surface area contributed by atoms with E-state index < -0.39 is 66.1 Å².